The minimum Gasteiger partial charge on any atom is -0.317 e. The largest absolute Gasteiger partial charge is 0.359 e. The van der Waals surface area contributed by atoms with Gasteiger partial charge in [-0.25, -0.2) is 0 Å². The Morgan fingerprint density at radius 2 is 1.76 bits per heavy atom. The lowest BCUT2D eigenvalue weighted by Gasteiger charge is -2.18. The van der Waals surface area contributed by atoms with Gasteiger partial charge in [0.15, 0.2) is 0 Å². The molecule has 1 fully saturated rings. The maximum absolute atomic E-state index is 12.1. The average Bonchev–Trinajstić information content (AvgIpc) is 2.31. The molecule has 0 spiro atoms. The Bertz CT molecular complexity index is 265. The van der Waals surface area contributed by atoms with E-state index in [2.05, 4.69) is 5.32 Å². The molecule has 0 amide bonds. The topological polar surface area (TPSA) is 52.1 Å². The van der Waals surface area contributed by atoms with E-state index in [0.29, 0.717) is 19.3 Å². The second-order valence-corrected chi connectivity index (χ2v) is 6.20. The van der Waals surface area contributed by atoms with Crippen LogP contribution in [0.4, 0.5) is 0 Å². The Hall–Kier alpha value is -0.150. The maximum atomic E-state index is 12.1. The summed E-state index contributed by atoms with van der Waals surface area (Å²) in [6.45, 7) is 4.46. The minimum atomic E-state index is -3.00. The van der Waals surface area contributed by atoms with Gasteiger partial charge in [0, 0.05) is 0 Å². The first-order valence-electron chi connectivity index (χ1n) is 6.61. The van der Waals surface area contributed by atoms with Crippen LogP contribution in [0.1, 0.15) is 46.0 Å². The first kappa shape index (κ1) is 14.9. The summed E-state index contributed by atoms with van der Waals surface area (Å²) < 4.78 is 22.5. The van der Waals surface area contributed by atoms with Crippen LogP contribution in [-0.4, -0.2) is 19.3 Å². The van der Waals surface area contributed by atoms with Crippen LogP contribution < -0.4 is 5.32 Å². The van der Waals surface area contributed by atoms with E-state index in [1.165, 1.54) is 32.1 Å². The van der Waals surface area contributed by atoms with Crippen molar-refractivity contribution in [2.24, 2.45) is 0 Å². The second kappa shape index (κ2) is 8.04. The van der Waals surface area contributed by atoms with Crippen molar-refractivity contribution in [2.45, 2.75) is 52.0 Å². The van der Waals surface area contributed by atoms with E-state index in [0.717, 1.165) is 0 Å². The van der Waals surface area contributed by atoms with Crippen molar-refractivity contribution in [2.75, 3.05) is 13.2 Å². The molecule has 4 nitrogen and oxygen atoms in total. The van der Waals surface area contributed by atoms with Gasteiger partial charge in [-0.15, -0.1) is 0 Å². The molecule has 0 aromatic rings. The van der Waals surface area contributed by atoms with Crippen molar-refractivity contribution >= 4 is 7.60 Å². The molecule has 0 aliphatic heterocycles. The molecule has 0 saturated heterocycles. The SMILES string of the molecule is CCOP(=O)(/C=C/[NH2+]C1CCCCC1)OCC. The Labute approximate surface area is 104 Å². The van der Waals surface area contributed by atoms with Crippen LogP contribution in [-0.2, 0) is 13.6 Å². The highest BCUT2D eigenvalue weighted by molar-refractivity contribution is 7.57. The van der Waals surface area contributed by atoms with Crippen LogP contribution in [0.3, 0.4) is 0 Å². The molecule has 1 rings (SSSR count). The number of quaternary nitrogens is 1. The third-order valence-electron chi connectivity index (χ3n) is 2.92. The molecule has 1 aliphatic carbocycles. The van der Waals surface area contributed by atoms with Gasteiger partial charge in [0.05, 0.1) is 25.1 Å². The van der Waals surface area contributed by atoms with Gasteiger partial charge >= 0.3 is 7.60 Å². The Morgan fingerprint density at radius 3 is 2.29 bits per heavy atom. The van der Waals surface area contributed by atoms with Gasteiger partial charge in [-0.1, -0.05) is 6.42 Å². The Morgan fingerprint density at radius 1 is 1.18 bits per heavy atom. The van der Waals surface area contributed by atoms with E-state index in [-0.39, 0.29) is 0 Å². The number of rotatable bonds is 7. The minimum absolute atomic E-state index is 0.408. The lowest BCUT2D eigenvalue weighted by Crippen LogP contribution is -2.84. The second-order valence-electron chi connectivity index (χ2n) is 4.31. The van der Waals surface area contributed by atoms with E-state index in [9.17, 15) is 4.57 Å². The highest BCUT2D eigenvalue weighted by Crippen LogP contribution is 2.49. The van der Waals surface area contributed by atoms with E-state index in [1.807, 2.05) is 20.0 Å². The number of hydrogen-bond donors (Lipinski definition) is 1. The van der Waals surface area contributed by atoms with Crippen molar-refractivity contribution < 1.29 is 18.9 Å². The molecule has 0 unspecified atom stereocenters. The van der Waals surface area contributed by atoms with Crippen molar-refractivity contribution in [3.63, 3.8) is 0 Å². The smallest absolute Gasteiger partial charge is 0.317 e. The zero-order valence-corrected chi connectivity index (χ0v) is 11.8. The standard InChI is InChI=1S/C12H24NO3P/c1-3-15-17(14,16-4-2)11-10-13-12-8-6-5-7-9-12/h10-13H,3-9H2,1-2H3/p+1/b11-10+. The Balaban J connectivity index is 2.40. The van der Waals surface area contributed by atoms with Crippen LogP contribution in [0, 0.1) is 0 Å². The van der Waals surface area contributed by atoms with Gasteiger partial charge in [0.1, 0.15) is 6.20 Å². The summed E-state index contributed by atoms with van der Waals surface area (Å²) >= 11 is 0. The van der Waals surface area contributed by atoms with Crippen molar-refractivity contribution in [3.05, 3.63) is 12.0 Å². The fourth-order valence-corrected chi connectivity index (χ4v) is 3.40. The number of hydrogen-bond acceptors (Lipinski definition) is 3. The van der Waals surface area contributed by atoms with Gasteiger partial charge in [0.25, 0.3) is 0 Å². The van der Waals surface area contributed by atoms with E-state index < -0.39 is 7.60 Å². The lowest BCUT2D eigenvalue weighted by atomic mass is 9.96. The molecule has 0 aromatic heterocycles. The third-order valence-corrected chi connectivity index (χ3v) is 4.69. The van der Waals surface area contributed by atoms with Crippen molar-refractivity contribution in [1.82, 2.24) is 0 Å². The van der Waals surface area contributed by atoms with E-state index in [1.54, 1.807) is 5.82 Å². The molecule has 1 saturated carbocycles. The van der Waals surface area contributed by atoms with Crippen molar-refractivity contribution in [3.8, 4) is 0 Å². The van der Waals surface area contributed by atoms with E-state index >= 15 is 0 Å². The predicted octanol–water partition coefficient (Wildman–Crippen LogP) is 2.62. The molecule has 0 radical (unpaired) electrons. The summed E-state index contributed by atoms with van der Waals surface area (Å²) in [7, 11) is -3.00. The monoisotopic (exact) mass is 262 g/mol. The molecule has 17 heavy (non-hydrogen) atoms. The molecular weight excluding hydrogens is 237 g/mol. The molecule has 2 N–H and O–H groups in total. The molecule has 1 aliphatic rings. The van der Waals surface area contributed by atoms with Gasteiger partial charge in [0.2, 0.25) is 0 Å². The fourth-order valence-electron chi connectivity index (χ4n) is 2.12. The first-order valence-corrected chi connectivity index (χ1v) is 8.23. The summed E-state index contributed by atoms with van der Waals surface area (Å²) in [5.41, 5.74) is 0. The molecule has 100 valence electrons. The van der Waals surface area contributed by atoms with Gasteiger partial charge in [-0.2, -0.15) is 0 Å². The predicted molar refractivity (Wildman–Crippen MR) is 68.8 cm³/mol. The zero-order chi connectivity index (χ0) is 12.6. The number of nitrogens with two attached hydrogens (primary N) is 1. The van der Waals surface area contributed by atoms with Crippen LogP contribution in [0.15, 0.2) is 12.0 Å². The normalized spacial score (nSPS) is 18.9. The summed E-state index contributed by atoms with van der Waals surface area (Å²) in [5, 5.41) is 2.14. The maximum Gasteiger partial charge on any atom is 0.359 e. The molecule has 0 heterocycles. The summed E-state index contributed by atoms with van der Waals surface area (Å²) in [5.74, 6) is 1.59. The van der Waals surface area contributed by atoms with Gasteiger partial charge in [-0.05, 0) is 39.5 Å². The fraction of sp³-hybridized carbons (Fsp3) is 0.833. The van der Waals surface area contributed by atoms with Crippen LogP contribution >= 0.6 is 7.60 Å². The Kier molecular flexibility index (Phi) is 7.05. The highest BCUT2D eigenvalue weighted by Gasteiger charge is 2.21. The molecular formula is C12H25NO3P+. The van der Waals surface area contributed by atoms with Crippen LogP contribution in [0.2, 0.25) is 0 Å². The van der Waals surface area contributed by atoms with Crippen LogP contribution in [0.5, 0.6) is 0 Å². The zero-order valence-electron chi connectivity index (χ0n) is 10.9. The first-order chi connectivity index (χ1) is 8.20. The van der Waals surface area contributed by atoms with Crippen LogP contribution in [0.25, 0.3) is 0 Å². The lowest BCUT2D eigenvalue weighted by molar-refractivity contribution is -0.629. The van der Waals surface area contributed by atoms with Crippen molar-refractivity contribution in [1.29, 1.82) is 0 Å². The molecule has 5 heteroatoms. The highest BCUT2D eigenvalue weighted by atomic mass is 31.2. The molecule has 0 bridgehead atoms. The average molecular weight is 262 g/mol. The molecule has 0 aromatic carbocycles. The third kappa shape index (κ3) is 5.82. The summed E-state index contributed by atoms with van der Waals surface area (Å²) in [6, 6.07) is 0.636. The molecule has 0 atom stereocenters. The van der Waals surface area contributed by atoms with Gasteiger partial charge < -0.3 is 14.4 Å². The van der Waals surface area contributed by atoms with E-state index in [4.69, 9.17) is 9.05 Å². The van der Waals surface area contributed by atoms with Gasteiger partial charge in [-0.3, -0.25) is 4.57 Å². The quantitative estimate of drug-likeness (QED) is 0.717. The summed E-state index contributed by atoms with van der Waals surface area (Å²) in [6.07, 6.45) is 8.33. The summed E-state index contributed by atoms with van der Waals surface area (Å²) in [4.78, 5) is 0.